The van der Waals surface area contributed by atoms with Gasteiger partial charge in [0.25, 0.3) is 0 Å². The summed E-state index contributed by atoms with van der Waals surface area (Å²) in [6.45, 7) is 5.74. The quantitative estimate of drug-likeness (QED) is 0.327. The first kappa shape index (κ1) is 19.5. The van der Waals surface area contributed by atoms with E-state index in [1.807, 2.05) is 6.07 Å². The number of hydrogen-bond donors (Lipinski definition) is 4. The van der Waals surface area contributed by atoms with Crippen molar-refractivity contribution in [3.8, 4) is 0 Å². The van der Waals surface area contributed by atoms with E-state index in [2.05, 4.69) is 69.3 Å². The van der Waals surface area contributed by atoms with E-state index in [1.54, 1.807) is 0 Å². The number of nitrogens with zero attached hydrogens (tertiary/aromatic N) is 1. The van der Waals surface area contributed by atoms with E-state index in [0.29, 0.717) is 5.70 Å². The minimum Gasteiger partial charge on any atom is -0.399 e. The number of hydrogen-bond acceptors (Lipinski definition) is 3. The van der Waals surface area contributed by atoms with E-state index in [-0.39, 0.29) is 0 Å². The summed E-state index contributed by atoms with van der Waals surface area (Å²) in [7, 11) is 0. The van der Waals surface area contributed by atoms with Crippen LogP contribution >= 0.6 is 0 Å². The maximum Gasteiger partial charge on any atom is 0.128 e. The first-order valence-corrected chi connectivity index (χ1v) is 11.1. The Morgan fingerprint density at radius 1 is 0.903 bits per heavy atom. The normalized spacial score (nSPS) is 14.0. The molecule has 0 bridgehead atoms. The van der Waals surface area contributed by atoms with Crippen molar-refractivity contribution < 1.29 is 0 Å². The van der Waals surface area contributed by atoms with Gasteiger partial charge in [-0.25, -0.2) is 0 Å². The van der Waals surface area contributed by atoms with Crippen molar-refractivity contribution in [1.29, 1.82) is 0 Å². The number of unbranched alkanes of at least 4 members (excludes halogenated alkanes) is 1. The number of amidine groups is 1. The number of benzene rings is 2. The lowest BCUT2D eigenvalue weighted by Gasteiger charge is -2.14. The van der Waals surface area contributed by atoms with E-state index in [4.69, 9.17) is 5.73 Å². The number of nitrogens with two attached hydrogens (primary N) is 1. The lowest BCUT2D eigenvalue weighted by molar-refractivity contribution is 0.719. The van der Waals surface area contributed by atoms with Crippen molar-refractivity contribution >= 4 is 33.3 Å². The molecule has 0 amide bonds. The van der Waals surface area contributed by atoms with E-state index in [0.717, 1.165) is 62.1 Å². The van der Waals surface area contributed by atoms with Crippen LogP contribution in [0.3, 0.4) is 0 Å². The van der Waals surface area contributed by atoms with E-state index in [1.165, 1.54) is 33.2 Å². The number of aromatic amines is 2. The van der Waals surface area contributed by atoms with Crippen molar-refractivity contribution in [2.75, 3.05) is 13.1 Å². The van der Waals surface area contributed by atoms with Crippen molar-refractivity contribution in [1.82, 2.24) is 15.3 Å². The lowest BCUT2D eigenvalue weighted by Crippen LogP contribution is -2.30. The summed E-state index contributed by atoms with van der Waals surface area (Å²) < 4.78 is 0. The third-order valence-electron chi connectivity index (χ3n) is 6.04. The Balaban J connectivity index is 1.20. The molecule has 158 valence electrons. The first-order chi connectivity index (χ1) is 15.2. The fraction of sp³-hybridized carbons (Fsp3) is 0.269. The standard InChI is InChI=1S/C26H29N5/c1-17(27)18-7-8-19-13-22(30-24(19)15-18)5-2-3-6-23-14-20-9-10-21(16-25(20)31-23)26-28-11-4-12-29-26/h7-10,13-16,30-31H,1-6,11-12,27H2,(H,28,29). The van der Waals surface area contributed by atoms with Gasteiger partial charge < -0.3 is 21.0 Å². The van der Waals surface area contributed by atoms with Gasteiger partial charge >= 0.3 is 0 Å². The van der Waals surface area contributed by atoms with E-state index in [9.17, 15) is 0 Å². The second kappa shape index (κ2) is 8.34. The van der Waals surface area contributed by atoms with Crippen LogP contribution in [0.4, 0.5) is 0 Å². The zero-order chi connectivity index (χ0) is 21.2. The van der Waals surface area contributed by atoms with Gasteiger partial charge in [0.05, 0.1) is 0 Å². The predicted molar refractivity (Wildman–Crippen MR) is 130 cm³/mol. The SMILES string of the molecule is C=C(N)c1ccc2cc(CCCCc3cc4ccc(C5=NCCCN5)cc4[nH]3)[nH]c2c1. The summed E-state index contributed by atoms with van der Waals surface area (Å²) in [5, 5.41) is 5.90. The average Bonchev–Trinajstić information content (AvgIpc) is 3.39. The minimum absolute atomic E-state index is 0.603. The molecule has 0 saturated carbocycles. The number of aromatic nitrogens is 2. The van der Waals surface area contributed by atoms with Crippen molar-refractivity contribution in [2.45, 2.75) is 32.1 Å². The third-order valence-corrected chi connectivity index (χ3v) is 6.04. The van der Waals surface area contributed by atoms with Crippen LogP contribution in [-0.4, -0.2) is 28.9 Å². The van der Waals surface area contributed by atoms with Gasteiger partial charge in [-0.05, 0) is 72.7 Å². The molecular weight excluding hydrogens is 382 g/mol. The Bertz CT molecular complexity index is 1270. The molecule has 2 aromatic heterocycles. The Kier molecular flexibility index (Phi) is 5.24. The molecule has 5 rings (SSSR count). The first-order valence-electron chi connectivity index (χ1n) is 11.1. The molecular formula is C26H29N5. The Morgan fingerprint density at radius 3 is 2.23 bits per heavy atom. The highest BCUT2D eigenvalue weighted by atomic mass is 15.0. The minimum atomic E-state index is 0.603. The average molecular weight is 412 g/mol. The zero-order valence-electron chi connectivity index (χ0n) is 17.8. The van der Waals surface area contributed by atoms with Crippen LogP contribution in [0.2, 0.25) is 0 Å². The molecule has 1 aliphatic rings. The molecule has 5 heteroatoms. The summed E-state index contributed by atoms with van der Waals surface area (Å²) in [6.07, 6.45) is 5.50. The zero-order valence-corrected chi connectivity index (χ0v) is 17.8. The molecule has 2 aromatic carbocycles. The molecule has 4 aromatic rings. The molecule has 0 atom stereocenters. The molecule has 0 spiro atoms. The lowest BCUT2D eigenvalue weighted by atomic mass is 10.1. The summed E-state index contributed by atoms with van der Waals surface area (Å²) in [5.74, 6) is 1.02. The highest BCUT2D eigenvalue weighted by Crippen LogP contribution is 2.22. The molecule has 31 heavy (non-hydrogen) atoms. The highest BCUT2D eigenvalue weighted by Gasteiger charge is 2.09. The van der Waals surface area contributed by atoms with Gasteiger partial charge in [0, 0.05) is 46.8 Å². The fourth-order valence-corrected chi connectivity index (χ4v) is 4.35. The highest BCUT2D eigenvalue weighted by molar-refractivity contribution is 6.01. The van der Waals surface area contributed by atoms with Crippen LogP contribution in [0.15, 0.2) is 60.1 Å². The number of aryl methyl sites for hydroxylation is 2. The summed E-state index contributed by atoms with van der Waals surface area (Å²) in [5.41, 5.74) is 13.5. The van der Waals surface area contributed by atoms with Gasteiger partial charge in [-0.15, -0.1) is 0 Å². The number of aliphatic imine (C=N–C) groups is 1. The monoisotopic (exact) mass is 411 g/mol. The number of nitrogens with one attached hydrogen (secondary N) is 3. The summed E-state index contributed by atoms with van der Waals surface area (Å²) >= 11 is 0. The van der Waals surface area contributed by atoms with Crippen LogP contribution in [0.1, 0.15) is 41.8 Å². The van der Waals surface area contributed by atoms with Crippen LogP contribution in [0.25, 0.3) is 27.5 Å². The molecule has 0 fully saturated rings. The molecule has 0 radical (unpaired) electrons. The maximum atomic E-state index is 5.82. The summed E-state index contributed by atoms with van der Waals surface area (Å²) in [4.78, 5) is 11.7. The number of H-pyrrole nitrogens is 2. The largest absolute Gasteiger partial charge is 0.399 e. The van der Waals surface area contributed by atoms with Gasteiger partial charge in [-0.1, -0.05) is 30.8 Å². The maximum absolute atomic E-state index is 5.82. The molecule has 3 heterocycles. The molecule has 1 aliphatic heterocycles. The Morgan fingerprint density at radius 2 is 1.58 bits per heavy atom. The van der Waals surface area contributed by atoms with E-state index < -0.39 is 0 Å². The number of rotatable bonds is 7. The van der Waals surface area contributed by atoms with Gasteiger partial charge in [-0.3, -0.25) is 4.99 Å². The molecule has 5 N–H and O–H groups in total. The van der Waals surface area contributed by atoms with Gasteiger partial charge in [-0.2, -0.15) is 0 Å². The second-order valence-corrected chi connectivity index (χ2v) is 8.44. The molecule has 0 saturated heterocycles. The topological polar surface area (TPSA) is 82.0 Å². The number of fused-ring (bicyclic) bond motifs is 2. The van der Waals surface area contributed by atoms with Crippen LogP contribution < -0.4 is 11.1 Å². The van der Waals surface area contributed by atoms with Crippen LogP contribution in [-0.2, 0) is 12.8 Å². The fourth-order valence-electron chi connectivity index (χ4n) is 4.35. The van der Waals surface area contributed by atoms with Gasteiger partial charge in [0.1, 0.15) is 5.84 Å². The van der Waals surface area contributed by atoms with Crippen molar-refractivity contribution in [2.24, 2.45) is 10.7 Å². The Hall–Kier alpha value is -3.47. The predicted octanol–water partition coefficient (Wildman–Crippen LogP) is 4.88. The van der Waals surface area contributed by atoms with E-state index >= 15 is 0 Å². The molecule has 5 nitrogen and oxygen atoms in total. The van der Waals surface area contributed by atoms with Gasteiger partial charge in [0.2, 0.25) is 0 Å². The molecule has 0 unspecified atom stereocenters. The molecule has 0 aliphatic carbocycles. The smallest absolute Gasteiger partial charge is 0.128 e. The Labute approximate surface area is 182 Å². The van der Waals surface area contributed by atoms with Crippen molar-refractivity contribution in [3.63, 3.8) is 0 Å². The van der Waals surface area contributed by atoms with Gasteiger partial charge in [0.15, 0.2) is 0 Å². The van der Waals surface area contributed by atoms with Crippen LogP contribution in [0, 0.1) is 0 Å². The third kappa shape index (κ3) is 4.22. The second-order valence-electron chi connectivity index (χ2n) is 8.44. The summed E-state index contributed by atoms with van der Waals surface area (Å²) in [6, 6.07) is 17.3. The van der Waals surface area contributed by atoms with Crippen molar-refractivity contribution in [3.05, 3.63) is 77.6 Å². The van der Waals surface area contributed by atoms with Crippen LogP contribution in [0.5, 0.6) is 0 Å².